The number of nitrogens with zero attached hydrogens (tertiary/aromatic N) is 2. The number of carbonyl (C=O) groups is 2. The fourth-order valence-electron chi connectivity index (χ4n) is 5.51. The molecule has 1 aliphatic heterocycles. The lowest BCUT2D eigenvalue weighted by Gasteiger charge is -2.35. The van der Waals surface area contributed by atoms with E-state index >= 15 is 0 Å². The molecule has 236 valence electrons. The second-order valence-electron chi connectivity index (χ2n) is 11.1. The lowest BCUT2D eigenvalue weighted by molar-refractivity contribution is 0.103. The summed E-state index contributed by atoms with van der Waals surface area (Å²) in [6, 6.07) is 25.6. The molecule has 0 aromatic heterocycles. The number of ether oxygens (including phenoxy) is 2. The molecule has 0 aliphatic carbocycles. The van der Waals surface area contributed by atoms with Gasteiger partial charge in [0.1, 0.15) is 23.0 Å². The molecule has 0 spiro atoms. The van der Waals surface area contributed by atoms with E-state index in [-0.39, 0.29) is 34.2 Å². The summed E-state index contributed by atoms with van der Waals surface area (Å²) in [6.45, 7) is 3.82. The summed E-state index contributed by atoms with van der Waals surface area (Å²) in [6.07, 6.45) is 6.39. The molecule has 1 aliphatic rings. The number of allylic oxidation sites excluding steroid dienone is 2. The average molecular weight is 619 g/mol. The van der Waals surface area contributed by atoms with Crippen molar-refractivity contribution in [2.75, 3.05) is 40.4 Å². The number of piperazine rings is 1. The van der Waals surface area contributed by atoms with Gasteiger partial charge in [-0.3, -0.25) is 19.4 Å². The number of hydrogen-bond acceptors (Lipinski definition) is 8. The molecular weight excluding hydrogens is 580 g/mol. The van der Waals surface area contributed by atoms with Crippen LogP contribution in [0.5, 0.6) is 23.0 Å². The number of rotatable bonds is 12. The van der Waals surface area contributed by atoms with Crippen LogP contribution in [0.15, 0.2) is 97.1 Å². The summed E-state index contributed by atoms with van der Waals surface area (Å²) in [5.74, 6) is 0.262. The largest absolute Gasteiger partial charge is 0.507 e. The van der Waals surface area contributed by atoms with Crippen LogP contribution in [0.4, 0.5) is 0 Å². The maximum atomic E-state index is 13.0. The lowest BCUT2D eigenvalue weighted by Crippen LogP contribution is -2.45. The first kappa shape index (κ1) is 32.2. The molecule has 0 atom stereocenters. The molecule has 0 unspecified atom stereocenters. The number of phenolic OH excluding ortho intramolecular Hbond substituents is 2. The van der Waals surface area contributed by atoms with Gasteiger partial charge in [-0.25, -0.2) is 0 Å². The van der Waals surface area contributed by atoms with Crippen molar-refractivity contribution in [3.8, 4) is 23.0 Å². The summed E-state index contributed by atoms with van der Waals surface area (Å²) in [7, 11) is 3.09. The second-order valence-corrected chi connectivity index (χ2v) is 11.1. The minimum absolute atomic E-state index is 0.0724. The van der Waals surface area contributed by atoms with Crippen LogP contribution in [-0.2, 0) is 13.1 Å². The van der Waals surface area contributed by atoms with Gasteiger partial charge in [0.05, 0.1) is 30.9 Å². The van der Waals surface area contributed by atoms with Crippen molar-refractivity contribution in [1.82, 2.24) is 9.80 Å². The number of phenols is 2. The van der Waals surface area contributed by atoms with Crippen LogP contribution in [-0.4, -0.2) is 72.0 Å². The van der Waals surface area contributed by atoms with E-state index in [0.29, 0.717) is 43.2 Å². The molecule has 0 amide bonds. The summed E-state index contributed by atoms with van der Waals surface area (Å²) in [5, 5.41) is 21.7. The van der Waals surface area contributed by atoms with Crippen LogP contribution >= 0.6 is 0 Å². The number of methoxy groups -OCH3 is 2. The SMILES string of the molecule is COc1cc(O)c(C(=O)/C=C/c2ccccc2)cc1CN1CCN(Cc2c(OC)ccc(C(=O)/C=C/c3ccccc3)c2O)CC1. The third kappa shape index (κ3) is 7.90. The van der Waals surface area contributed by atoms with E-state index in [4.69, 9.17) is 9.47 Å². The van der Waals surface area contributed by atoms with Crippen molar-refractivity contribution in [1.29, 1.82) is 0 Å². The molecule has 8 nitrogen and oxygen atoms in total. The van der Waals surface area contributed by atoms with Gasteiger partial charge in [-0.1, -0.05) is 72.8 Å². The molecule has 1 heterocycles. The zero-order valence-corrected chi connectivity index (χ0v) is 26.1. The predicted molar refractivity (Wildman–Crippen MR) is 179 cm³/mol. The van der Waals surface area contributed by atoms with Gasteiger partial charge in [-0.05, 0) is 41.5 Å². The van der Waals surface area contributed by atoms with Crippen molar-refractivity contribution in [3.63, 3.8) is 0 Å². The maximum absolute atomic E-state index is 13.0. The summed E-state index contributed by atoms with van der Waals surface area (Å²) < 4.78 is 11.1. The third-order valence-corrected chi connectivity index (χ3v) is 8.08. The highest BCUT2D eigenvalue weighted by atomic mass is 16.5. The number of benzene rings is 4. The highest BCUT2D eigenvalue weighted by molar-refractivity contribution is 6.09. The van der Waals surface area contributed by atoms with Gasteiger partial charge in [-0.15, -0.1) is 0 Å². The number of ketones is 2. The van der Waals surface area contributed by atoms with Crippen molar-refractivity contribution >= 4 is 23.7 Å². The summed E-state index contributed by atoms with van der Waals surface area (Å²) in [4.78, 5) is 30.4. The van der Waals surface area contributed by atoms with E-state index in [2.05, 4.69) is 9.80 Å². The first-order valence-electron chi connectivity index (χ1n) is 15.1. The molecule has 46 heavy (non-hydrogen) atoms. The number of hydrogen-bond donors (Lipinski definition) is 2. The van der Waals surface area contributed by atoms with Gasteiger partial charge in [-0.2, -0.15) is 0 Å². The van der Waals surface area contributed by atoms with Crippen LogP contribution in [0.1, 0.15) is 43.0 Å². The fourth-order valence-corrected chi connectivity index (χ4v) is 5.51. The van der Waals surface area contributed by atoms with Crippen molar-refractivity contribution in [2.45, 2.75) is 13.1 Å². The van der Waals surface area contributed by atoms with Gasteiger partial charge < -0.3 is 19.7 Å². The minimum atomic E-state index is -0.292. The smallest absolute Gasteiger partial charge is 0.189 e. The third-order valence-electron chi connectivity index (χ3n) is 8.08. The highest BCUT2D eigenvalue weighted by Gasteiger charge is 2.24. The van der Waals surface area contributed by atoms with Gasteiger partial charge in [0.25, 0.3) is 0 Å². The van der Waals surface area contributed by atoms with Crippen LogP contribution < -0.4 is 9.47 Å². The van der Waals surface area contributed by atoms with Crippen molar-refractivity contribution < 1.29 is 29.3 Å². The maximum Gasteiger partial charge on any atom is 0.189 e. The van der Waals surface area contributed by atoms with Crippen LogP contribution in [0, 0.1) is 0 Å². The Bertz CT molecular complexity index is 1730. The van der Waals surface area contributed by atoms with Crippen molar-refractivity contribution in [2.24, 2.45) is 0 Å². The molecular formula is C38H38N2O6. The Morgan fingerprint density at radius 2 is 1.20 bits per heavy atom. The average Bonchev–Trinajstić information content (AvgIpc) is 3.09. The van der Waals surface area contributed by atoms with E-state index in [9.17, 15) is 19.8 Å². The van der Waals surface area contributed by atoms with Gasteiger partial charge in [0.2, 0.25) is 0 Å². The topological polar surface area (TPSA) is 99.5 Å². The zero-order valence-electron chi connectivity index (χ0n) is 26.1. The molecule has 5 rings (SSSR count). The Balaban J connectivity index is 1.24. The summed E-state index contributed by atoms with van der Waals surface area (Å²) in [5.41, 5.74) is 3.61. The molecule has 0 radical (unpaired) electrons. The van der Waals surface area contributed by atoms with Crippen molar-refractivity contribution in [3.05, 3.63) is 130 Å². The Kier molecular flexibility index (Phi) is 10.7. The van der Waals surface area contributed by atoms with E-state index < -0.39 is 0 Å². The molecule has 2 N–H and O–H groups in total. The highest BCUT2D eigenvalue weighted by Crippen LogP contribution is 2.34. The molecule has 1 fully saturated rings. The molecule has 8 heteroatoms. The molecule has 4 aromatic rings. The quantitative estimate of drug-likeness (QED) is 0.143. The van der Waals surface area contributed by atoms with Crippen LogP contribution in [0.3, 0.4) is 0 Å². The predicted octanol–water partition coefficient (Wildman–Crippen LogP) is 6.23. The van der Waals surface area contributed by atoms with E-state index in [1.807, 2.05) is 60.7 Å². The van der Waals surface area contributed by atoms with Gasteiger partial charge in [0.15, 0.2) is 11.6 Å². The van der Waals surface area contributed by atoms with Crippen LogP contribution in [0.2, 0.25) is 0 Å². The molecule has 4 aromatic carbocycles. The van der Waals surface area contributed by atoms with E-state index in [1.54, 1.807) is 44.6 Å². The Morgan fingerprint density at radius 1 is 0.674 bits per heavy atom. The number of aromatic hydroxyl groups is 2. The molecule has 0 bridgehead atoms. The van der Waals surface area contributed by atoms with Gasteiger partial charge in [0, 0.05) is 50.9 Å². The minimum Gasteiger partial charge on any atom is -0.507 e. The normalized spacial score (nSPS) is 14.1. The van der Waals surface area contributed by atoms with Crippen LogP contribution in [0.25, 0.3) is 12.2 Å². The lowest BCUT2D eigenvalue weighted by atomic mass is 10.0. The fraction of sp³-hybridized carbons (Fsp3) is 0.211. The summed E-state index contributed by atoms with van der Waals surface area (Å²) >= 11 is 0. The Labute approximate surface area is 269 Å². The monoisotopic (exact) mass is 618 g/mol. The number of carbonyl (C=O) groups excluding carboxylic acids is 2. The zero-order chi connectivity index (χ0) is 32.5. The van der Waals surface area contributed by atoms with Gasteiger partial charge >= 0.3 is 0 Å². The molecule has 0 saturated carbocycles. The Morgan fingerprint density at radius 3 is 1.74 bits per heavy atom. The first-order valence-corrected chi connectivity index (χ1v) is 15.1. The Hall–Kier alpha value is -5.18. The van der Waals surface area contributed by atoms with E-state index in [1.165, 1.54) is 18.2 Å². The standard InChI is InChI=1S/C38H38N2O6/c1-45-36-18-15-30(33(41)16-13-27-9-5-3-6-10-27)38(44)32(36)26-40-21-19-39(20-22-40)25-29-23-31(35(43)24-37(29)46-2)34(42)17-14-28-11-7-4-8-12-28/h3-18,23-24,43-44H,19-22,25-26H2,1-2H3/b16-13+,17-14+. The second kappa shape index (κ2) is 15.2. The first-order chi connectivity index (χ1) is 22.4. The molecule has 1 saturated heterocycles. The van der Waals surface area contributed by atoms with E-state index in [0.717, 1.165) is 29.8 Å².